The van der Waals surface area contributed by atoms with E-state index in [1.807, 2.05) is 20.8 Å². The molecule has 0 aromatic heterocycles. The molecule has 104 valence electrons. The molecule has 5 heteroatoms. The molecule has 1 saturated heterocycles. The van der Waals surface area contributed by atoms with Gasteiger partial charge in [-0.25, -0.2) is 0 Å². The Bertz CT molecular complexity index is 284. The molecule has 0 bridgehead atoms. The molecule has 2 N–H and O–H groups in total. The molecule has 0 unspecified atom stereocenters. The summed E-state index contributed by atoms with van der Waals surface area (Å²) < 4.78 is 0. The predicted octanol–water partition coefficient (Wildman–Crippen LogP) is 0.359. The van der Waals surface area contributed by atoms with Crippen LogP contribution in [0.1, 0.15) is 33.6 Å². The number of piperidine rings is 1. The Hall–Kier alpha value is -1.10. The molecule has 1 heterocycles. The van der Waals surface area contributed by atoms with Gasteiger partial charge in [-0.2, -0.15) is 0 Å². The second-order valence-corrected chi connectivity index (χ2v) is 5.17. The molecule has 1 aliphatic rings. The van der Waals surface area contributed by atoms with E-state index in [4.69, 9.17) is 0 Å². The van der Waals surface area contributed by atoms with Gasteiger partial charge >= 0.3 is 0 Å². The smallest absolute Gasteiger partial charge is 0.234 e. The monoisotopic (exact) mass is 255 g/mol. The maximum absolute atomic E-state index is 11.6. The highest BCUT2D eigenvalue weighted by Gasteiger charge is 2.22. The van der Waals surface area contributed by atoms with E-state index in [-0.39, 0.29) is 23.8 Å². The fourth-order valence-electron chi connectivity index (χ4n) is 2.06. The van der Waals surface area contributed by atoms with Crippen molar-refractivity contribution in [2.75, 3.05) is 26.2 Å². The minimum Gasteiger partial charge on any atom is -0.355 e. The standard InChI is InChI=1S/C13H25N3O2/c1-4-14-12(17)9-16-7-5-11(6-8-16)15-13(18)10(2)3/h10-11H,4-9H2,1-3H3,(H,14,17)(H,15,18). The predicted molar refractivity (Wildman–Crippen MR) is 71.1 cm³/mol. The van der Waals surface area contributed by atoms with E-state index in [9.17, 15) is 9.59 Å². The molecule has 0 spiro atoms. The van der Waals surface area contributed by atoms with Gasteiger partial charge in [0, 0.05) is 31.6 Å². The molecule has 0 radical (unpaired) electrons. The van der Waals surface area contributed by atoms with Crippen molar-refractivity contribution in [3.05, 3.63) is 0 Å². The molecule has 1 rings (SSSR count). The number of nitrogens with zero attached hydrogens (tertiary/aromatic N) is 1. The Kier molecular flexibility index (Phi) is 6.12. The summed E-state index contributed by atoms with van der Waals surface area (Å²) in [4.78, 5) is 25.1. The molecular weight excluding hydrogens is 230 g/mol. The van der Waals surface area contributed by atoms with Crippen molar-refractivity contribution in [1.29, 1.82) is 0 Å². The number of amides is 2. The highest BCUT2D eigenvalue weighted by Crippen LogP contribution is 2.10. The molecule has 5 nitrogen and oxygen atoms in total. The zero-order chi connectivity index (χ0) is 13.5. The molecule has 18 heavy (non-hydrogen) atoms. The number of likely N-dealkylation sites (tertiary alicyclic amines) is 1. The normalized spacial score (nSPS) is 17.8. The first kappa shape index (κ1) is 15.0. The lowest BCUT2D eigenvalue weighted by molar-refractivity contribution is -0.126. The third-order valence-corrected chi connectivity index (χ3v) is 3.20. The highest BCUT2D eigenvalue weighted by atomic mass is 16.2. The molecule has 0 saturated carbocycles. The van der Waals surface area contributed by atoms with E-state index >= 15 is 0 Å². The summed E-state index contributed by atoms with van der Waals surface area (Å²) in [6.45, 7) is 8.63. The van der Waals surface area contributed by atoms with Gasteiger partial charge in [-0.1, -0.05) is 13.8 Å². The van der Waals surface area contributed by atoms with Crippen LogP contribution in [0.5, 0.6) is 0 Å². The number of hydrogen-bond donors (Lipinski definition) is 2. The number of nitrogens with one attached hydrogen (secondary N) is 2. The second kappa shape index (κ2) is 7.36. The van der Waals surface area contributed by atoms with Crippen LogP contribution in [0.2, 0.25) is 0 Å². The lowest BCUT2D eigenvalue weighted by atomic mass is 10.0. The van der Waals surface area contributed by atoms with Gasteiger partial charge in [0.25, 0.3) is 0 Å². The van der Waals surface area contributed by atoms with Gasteiger partial charge in [0.1, 0.15) is 0 Å². The fraction of sp³-hybridized carbons (Fsp3) is 0.846. The van der Waals surface area contributed by atoms with E-state index < -0.39 is 0 Å². The quantitative estimate of drug-likeness (QED) is 0.745. The Morgan fingerprint density at radius 3 is 2.39 bits per heavy atom. The van der Waals surface area contributed by atoms with Crippen molar-refractivity contribution < 1.29 is 9.59 Å². The fourth-order valence-corrected chi connectivity index (χ4v) is 2.06. The lowest BCUT2D eigenvalue weighted by Crippen LogP contribution is -2.48. The van der Waals surface area contributed by atoms with Crippen LogP contribution < -0.4 is 10.6 Å². The van der Waals surface area contributed by atoms with Gasteiger partial charge < -0.3 is 10.6 Å². The van der Waals surface area contributed by atoms with Crippen molar-refractivity contribution in [1.82, 2.24) is 15.5 Å². The Morgan fingerprint density at radius 1 is 1.28 bits per heavy atom. The number of likely N-dealkylation sites (N-methyl/N-ethyl adjacent to an activating group) is 1. The minimum atomic E-state index is 0.0401. The van der Waals surface area contributed by atoms with Gasteiger partial charge in [-0.15, -0.1) is 0 Å². The number of carbonyl (C=O) groups excluding carboxylic acids is 2. The largest absolute Gasteiger partial charge is 0.355 e. The SMILES string of the molecule is CCNC(=O)CN1CCC(NC(=O)C(C)C)CC1. The highest BCUT2D eigenvalue weighted by molar-refractivity contribution is 5.78. The topological polar surface area (TPSA) is 61.4 Å². The zero-order valence-corrected chi connectivity index (χ0v) is 11.7. The molecule has 1 fully saturated rings. The van der Waals surface area contributed by atoms with E-state index in [0.717, 1.165) is 25.9 Å². The Morgan fingerprint density at radius 2 is 1.89 bits per heavy atom. The van der Waals surface area contributed by atoms with Crippen molar-refractivity contribution in [2.45, 2.75) is 39.7 Å². The van der Waals surface area contributed by atoms with Crippen LogP contribution in [-0.4, -0.2) is 48.9 Å². The lowest BCUT2D eigenvalue weighted by Gasteiger charge is -2.32. The average Bonchev–Trinajstić information content (AvgIpc) is 2.31. The number of hydrogen-bond acceptors (Lipinski definition) is 3. The second-order valence-electron chi connectivity index (χ2n) is 5.17. The summed E-state index contributed by atoms with van der Waals surface area (Å²) in [6, 6.07) is 0.269. The summed E-state index contributed by atoms with van der Waals surface area (Å²) in [6.07, 6.45) is 1.86. The third-order valence-electron chi connectivity index (χ3n) is 3.20. The first-order valence-corrected chi connectivity index (χ1v) is 6.82. The molecule has 0 aliphatic carbocycles. The first-order chi connectivity index (χ1) is 8.52. The first-order valence-electron chi connectivity index (χ1n) is 6.82. The van der Waals surface area contributed by atoms with Crippen LogP contribution in [0.3, 0.4) is 0 Å². The van der Waals surface area contributed by atoms with Crippen LogP contribution in [-0.2, 0) is 9.59 Å². The van der Waals surface area contributed by atoms with E-state index in [1.54, 1.807) is 0 Å². The molecule has 2 amide bonds. The van der Waals surface area contributed by atoms with Crippen LogP contribution in [0, 0.1) is 5.92 Å². The van der Waals surface area contributed by atoms with Gasteiger partial charge in [0.05, 0.1) is 6.54 Å². The van der Waals surface area contributed by atoms with E-state index in [1.165, 1.54) is 0 Å². The molecular formula is C13H25N3O2. The minimum absolute atomic E-state index is 0.0401. The summed E-state index contributed by atoms with van der Waals surface area (Å²) in [5.74, 6) is 0.248. The molecule has 0 atom stereocenters. The number of carbonyl (C=O) groups is 2. The van der Waals surface area contributed by atoms with Gasteiger partial charge in [0.15, 0.2) is 0 Å². The molecule has 0 aromatic carbocycles. The Balaban J connectivity index is 2.24. The van der Waals surface area contributed by atoms with Crippen molar-refractivity contribution in [3.8, 4) is 0 Å². The summed E-state index contributed by atoms with van der Waals surface area (Å²) in [7, 11) is 0. The van der Waals surface area contributed by atoms with Crippen molar-refractivity contribution >= 4 is 11.8 Å². The summed E-state index contributed by atoms with van der Waals surface area (Å²) >= 11 is 0. The van der Waals surface area contributed by atoms with Crippen molar-refractivity contribution in [3.63, 3.8) is 0 Å². The van der Waals surface area contributed by atoms with Gasteiger partial charge in [0.2, 0.25) is 11.8 Å². The zero-order valence-electron chi connectivity index (χ0n) is 11.7. The van der Waals surface area contributed by atoms with Gasteiger partial charge in [-0.3, -0.25) is 14.5 Å². The van der Waals surface area contributed by atoms with Gasteiger partial charge in [-0.05, 0) is 19.8 Å². The van der Waals surface area contributed by atoms with E-state index in [2.05, 4.69) is 15.5 Å². The van der Waals surface area contributed by atoms with Crippen molar-refractivity contribution in [2.24, 2.45) is 5.92 Å². The summed E-state index contributed by atoms with van der Waals surface area (Å²) in [5.41, 5.74) is 0. The van der Waals surface area contributed by atoms with Crippen LogP contribution >= 0.6 is 0 Å². The van der Waals surface area contributed by atoms with Crippen LogP contribution in [0.25, 0.3) is 0 Å². The maximum atomic E-state index is 11.6. The van der Waals surface area contributed by atoms with Crippen LogP contribution in [0.4, 0.5) is 0 Å². The van der Waals surface area contributed by atoms with Crippen LogP contribution in [0.15, 0.2) is 0 Å². The average molecular weight is 255 g/mol. The molecule has 0 aromatic rings. The van der Waals surface area contributed by atoms with E-state index in [0.29, 0.717) is 13.1 Å². The Labute approximate surface area is 109 Å². The maximum Gasteiger partial charge on any atom is 0.234 e. The summed E-state index contributed by atoms with van der Waals surface area (Å²) in [5, 5.41) is 5.85. The third kappa shape index (κ3) is 5.04. The molecule has 1 aliphatic heterocycles. The number of rotatable bonds is 5.